The Morgan fingerprint density at radius 3 is 2.93 bits per heavy atom. The normalized spacial score (nSPS) is 10.5. The summed E-state index contributed by atoms with van der Waals surface area (Å²) in [6.45, 7) is 5.65. The van der Waals surface area contributed by atoms with Gasteiger partial charge in [0.05, 0.1) is 0 Å². The highest BCUT2D eigenvalue weighted by atomic mass is 32.1. The van der Waals surface area contributed by atoms with E-state index in [1.807, 2.05) is 16.8 Å². The van der Waals surface area contributed by atoms with Gasteiger partial charge in [0.2, 0.25) is 0 Å². The highest BCUT2D eigenvalue weighted by Crippen LogP contribution is 2.04. The first-order valence-electron chi connectivity index (χ1n) is 4.74. The number of hydrogen-bond acceptors (Lipinski definition) is 3. The van der Waals surface area contributed by atoms with E-state index in [0.717, 1.165) is 12.1 Å². The molecule has 1 amide bonds. The van der Waals surface area contributed by atoms with Gasteiger partial charge in [-0.3, -0.25) is 4.79 Å². The minimum Gasteiger partial charge on any atom is -0.351 e. The summed E-state index contributed by atoms with van der Waals surface area (Å²) < 4.78 is 0. The third kappa shape index (κ3) is 3.89. The van der Waals surface area contributed by atoms with Gasteiger partial charge in [0.1, 0.15) is 0 Å². The fourth-order valence-electron chi connectivity index (χ4n) is 1.03. The van der Waals surface area contributed by atoms with Gasteiger partial charge in [-0.25, -0.2) is 0 Å². The number of amides is 1. The lowest BCUT2D eigenvalue weighted by molar-refractivity contribution is 0.0954. The summed E-state index contributed by atoms with van der Waals surface area (Å²) >= 11 is 1.54. The summed E-state index contributed by atoms with van der Waals surface area (Å²) in [6, 6.07) is 2.30. The van der Waals surface area contributed by atoms with Crippen molar-refractivity contribution < 1.29 is 7.65 Å². The lowest BCUT2D eigenvalue weighted by atomic mass is 10.3. The van der Waals surface area contributed by atoms with E-state index in [-0.39, 0.29) is 8.76 Å². The van der Waals surface area contributed by atoms with Crippen molar-refractivity contribution in [2.75, 3.05) is 13.1 Å². The molecule has 0 aliphatic carbocycles. The van der Waals surface area contributed by atoms with Gasteiger partial charge in [0.15, 0.2) is 0 Å². The molecule has 0 radical (unpaired) electrons. The van der Waals surface area contributed by atoms with Crippen molar-refractivity contribution in [3.05, 3.63) is 22.4 Å². The summed E-state index contributed by atoms with van der Waals surface area (Å²) in [7, 11) is 0. The quantitative estimate of drug-likeness (QED) is 0.739. The second-order valence-electron chi connectivity index (χ2n) is 3.38. The molecule has 0 spiro atoms. The Morgan fingerprint density at radius 2 is 2.36 bits per heavy atom. The van der Waals surface area contributed by atoms with Crippen LogP contribution >= 0.6 is 11.3 Å². The molecule has 1 aromatic heterocycles. The molecule has 0 atom stereocenters. The van der Waals surface area contributed by atoms with E-state index in [2.05, 4.69) is 24.5 Å². The molecule has 0 aliphatic heterocycles. The lowest BCUT2D eigenvalue weighted by Crippen LogP contribution is -2.34. The maximum absolute atomic E-state index is 11.4. The maximum Gasteiger partial charge on any atom is 0.252 e. The van der Waals surface area contributed by atoms with Gasteiger partial charge in [-0.1, -0.05) is 13.8 Å². The van der Waals surface area contributed by atoms with E-state index >= 15 is 0 Å². The molecule has 3 nitrogen and oxygen atoms in total. The van der Waals surface area contributed by atoms with Crippen LogP contribution in [-0.4, -0.2) is 25.0 Å². The van der Waals surface area contributed by atoms with Crippen LogP contribution in [0.1, 0.15) is 27.1 Å². The average molecular weight is 216 g/mol. The van der Waals surface area contributed by atoms with Crippen LogP contribution in [0, 0.1) is 0 Å². The number of hydrogen-bond donors (Lipinski definition) is 2. The third-order valence-electron chi connectivity index (χ3n) is 1.75. The van der Waals surface area contributed by atoms with E-state index in [4.69, 9.17) is 0 Å². The smallest absolute Gasteiger partial charge is 0.252 e. The average Bonchev–Trinajstić information content (AvgIpc) is 2.64. The lowest BCUT2D eigenvalue weighted by Gasteiger charge is -2.08. The van der Waals surface area contributed by atoms with Crippen LogP contribution in [-0.2, 0) is 0 Å². The summed E-state index contributed by atoms with van der Waals surface area (Å²) in [5.74, 6) is 0.0109. The molecule has 1 heterocycles. The molecule has 82 valence electrons. The first-order chi connectivity index (χ1) is 6.70. The first kappa shape index (κ1) is 11.2. The van der Waals surface area contributed by atoms with Gasteiger partial charge >= 0.3 is 0 Å². The largest absolute Gasteiger partial charge is 0.351 e. The van der Waals surface area contributed by atoms with Gasteiger partial charge in [-0.05, 0) is 11.4 Å². The molecular formula is C10H20N2OS. The van der Waals surface area contributed by atoms with Gasteiger partial charge in [-0.2, -0.15) is 11.3 Å². The maximum atomic E-state index is 11.4. The molecule has 0 saturated heterocycles. The SMILES string of the molecule is CC(C)NCCNC(=O)c1ccsc1.[HH].[HH]. The molecule has 0 aromatic carbocycles. The van der Waals surface area contributed by atoms with Crippen LogP contribution in [0.25, 0.3) is 0 Å². The second-order valence-corrected chi connectivity index (χ2v) is 4.16. The zero-order valence-corrected chi connectivity index (χ0v) is 9.36. The van der Waals surface area contributed by atoms with Crippen molar-refractivity contribution in [3.8, 4) is 0 Å². The highest BCUT2D eigenvalue weighted by Gasteiger charge is 2.03. The Kier molecular flexibility index (Phi) is 4.62. The van der Waals surface area contributed by atoms with Crippen LogP contribution in [0.2, 0.25) is 0 Å². The van der Waals surface area contributed by atoms with Crippen LogP contribution in [0.15, 0.2) is 16.8 Å². The molecule has 4 heteroatoms. The summed E-state index contributed by atoms with van der Waals surface area (Å²) in [5, 5.41) is 9.84. The monoisotopic (exact) mass is 216 g/mol. The molecule has 1 rings (SSSR count). The first-order valence-corrected chi connectivity index (χ1v) is 5.68. The van der Waals surface area contributed by atoms with Gasteiger partial charge < -0.3 is 10.6 Å². The van der Waals surface area contributed by atoms with Crippen LogP contribution in [0.3, 0.4) is 0 Å². The Hall–Kier alpha value is -0.870. The predicted molar refractivity (Wildman–Crippen MR) is 64.0 cm³/mol. The minimum absolute atomic E-state index is 0. The number of nitrogens with one attached hydrogen (secondary N) is 2. The van der Waals surface area contributed by atoms with Crippen molar-refractivity contribution in [1.82, 2.24) is 10.6 Å². The van der Waals surface area contributed by atoms with Gasteiger partial charge in [0.25, 0.3) is 5.91 Å². The number of rotatable bonds is 5. The summed E-state index contributed by atoms with van der Waals surface area (Å²) in [5.41, 5.74) is 0.750. The van der Waals surface area contributed by atoms with Crippen molar-refractivity contribution in [3.63, 3.8) is 0 Å². The highest BCUT2D eigenvalue weighted by molar-refractivity contribution is 7.08. The van der Waals surface area contributed by atoms with Crippen LogP contribution in [0.4, 0.5) is 0 Å². The Bertz CT molecular complexity index is 278. The molecule has 0 saturated carbocycles. The Balaban J connectivity index is 0. The molecule has 0 unspecified atom stereocenters. The molecule has 0 bridgehead atoms. The number of thiophene rings is 1. The van der Waals surface area contributed by atoms with Crippen molar-refractivity contribution >= 4 is 17.2 Å². The molecule has 2 N–H and O–H groups in total. The predicted octanol–water partition coefficient (Wildman–Crippen LogP) is 1.97. The van der Waals surface area contributed by atoms with Crippen molar-refractivity contribution in [2.24, 2.45) is 0 Å². The topological polar surface area (TPSA) is 41.1 Å². The molecule has 1 aromatic rings. The van der Waals surface area contributed by atoms with Crippen LogP contribution in [0.5, 0.6) is 0 Å². The molecular weight excluding hydrogens is 196 g/mol. The molecule has 14 heavy (non-hydrogen) atoms. The Morgan fingerprint density at radius 1 is 1.57 bits per heavy atom. The second kappa shape index (κ2) is 5.78. The van der Waals surface area contributed by atoms with E-state index in [9.17, 15) is 4.79 Å². The van der Waals surface area contributed by atoms with Crippen LogP contribution < -0.4 is 10.6 Å². The fraction of sp³-hybridized carbons (Fsp3) is 0.500. The van der Waals surface area contributed by atoms with E-state index in [1.165, 1.54) is 11.3 Å². The summed E-state index contributed by atoms with van der Waals surface area (Å²) in [6.07, 6.45) is 0. The number of carbonyl (C=O) groups excluding carboxylic acids is 1. The number of carbonyl (C=O) groups is 1. The van der Waals surface area contributed by atoms with Crippen molar-refractivity contribution in [1.29, 1.82) is 0 Å². The van der Waals surface area contributed by atoms with E-state index in [0.29, 0.717) is 12.6 Å². The molecule has 0 fully saturated rings. The standard InChI is InChI=1S/C10H16N2OS.2H2/c1-8(2)11-4-5-12-10(13)9-3-6-14-7-9;;/h3,6-8,11H,4-5H2,1-2H3,(H,12,13);2*1H. The van der Waals surface area contributed by atoms with Gasteiger partial charge in [-0.15, -0.1) is 0 Å². The summed E-state index contributed by atoms with van der Waals surface area (Å²) in [4.78, 5) is 11.4. The van der Waals surface area contributed by atoms with Gasteiger partial charge in [0, 0.05) is 32.9 Å². The Labute approximate surface area is 91.5 Å². The van der Waals surface area contributed by atoms with E-state index in [1.54, 1.807) is 0 Å². The minimum atomic E-state index is 0. The fourth-order valence-corrected chi connectivity index (χ4v) is 1.67. The molecule has 0 aliphatic rings. The third-order valence-corrected chi connectivity index (χ3v) is 2.43. The van der Waals surface area contributed by atoms with Crippen molar-refractivity contribution in [2.45, 2.75) is 19.9 Å². The zero-order valence-electron chi connectivity index (χ0n) is 8.54. The zero-order chi connectivity index (χ0) is 10.4. The van der Waals surface area contributed by atoms with E-state index < -0.39 is 0 Å².